The van der Waals surface area contributed by atoms with Crippen molar-refractivity contribution in [1.29, 1.82) is 0 Å². The minimum Gasteiger partial charge on any atom is -0.493 e. The number of hydrogen-bond acceptors (Lipinski definition) is 4. The van der Waals surface area contributed by atoms with Crippen molar-refractivity contribution in [2.45, 2.75) is 13.8 Å². The quantitative estimate of drug-likeness (QED) is 0.796. The Morgan fingerprint density at radius 1 is 1.08 bits per heavy atom. The number of esters is 1. The Balaban J connectivity index is 2.21. The van der Waals surface area contributed by atoms with Crippen LogP contribution in [0.2, 0.25) is 5.02 Å². The normalized spacial score (nSPS) is 10.1. The molecule has 0 aromatic heterocycles. The topological polar surface area (TPSA) is 64.6 Å². The van der Waals surface area contributed by atoms with E-state index in [2.05, 4.69) is 5.32 Å². The van der Waals surface area contributed by atoms with E-state index in [4.69, 9.17) is 21.1 Å². The molecule has 2 rings (SSSR count). The second kappa shape index (κ2) is 8.36. The largest absolute Gasteiger partial charge is 0.493 e. The molecule has 1 amide bonds. The van der Waals surface area contributed by atoms with Gasteiger partial charge in [0.1, 0.15) is 5.75 Å². The summed E-state index contributed by atoms with van der Waals surface area (Å²) in [5, 5.41) is 3.23. The highest BCUT2D eigenvalue weighted by molar-refractivity contribution is 6.31. The van der Waals surface area contributed by atoms with E-state index in [9.17, 15) is 9.59 Å². The number of hydrogen-bond donors (Lipinski definition) is 1. The maximum atomic E-state index is 12.5. The van der Waals surface area contributed by atoms with Crippen LogP contribution in [0.3, 0.4) is 0 Å². The fourth-order valence-corrected chi connectivity index (χ4v) is 2.26. The van der Waals surface area contributed by atoms with Crippen LogP contribution in [-0.2, 0) is 4.74 Å². The van der Waals surface area contributed by atoms with Gasteiger partial charge in [0.15, 0.2) is 0 Å². The van der Waals surface area contributed by atoms with Gasteiger partial charge in [0.25, 0.3) is 5.91 Å². The van der Waals surface area contributed by atoms with Crippen LogP contribution in [-0.4, -0.2) is 25.1 Å². The zero-order chi connectivity index (χ0) is 17.5. The van der Waals surface area contributed by atoms with Crippen LogP contribution in [0.1, 0.15) is 34.6 Å². The number of carbonyl (C=O) groups is 2. The van der Waals surface area contributed by atoms with Crippen molar-refractivity contribution in [3.8, 4) is 5.75 Å². The molecule has 0 saturated heterocycles. The average Bonchev–Trinajstić information content (AvgIpc) is 2.55. The molecule has 2 aromatic carbocycles. The molecule has 0 heterocycles. The molecule has 0 atom stereocenters. The predicted molar refractivity (Wildman–Crippen MR) is 93.0 cm³/mol. The third kappa shape index (κ3) is 4.49. The SMILES string of the molecule is CCOC(=O)c1cccc(NC(=O)c2ccc(Cl)cc2OCC)c1. The van der Waals surface area contributed by atoms with E-state index >= 15 is 0 Å². The maximum Gasteiger partial charge on any atom is 0.338 e. The fourth-order valence-electron chi connectivity index (χ4n) is 2.10. The molecule has 0 fully saturated rings. The molecule has 0 aliphatic rings. The number of carbonyl (C=O) groups excluding carboxylic acids is 2. The van der Waals surface area contributed by atoms with Crippen molar-refractivity contribution >= 4 is 29.2 Å². The monoisotopic (exact) mass is 347 g/mol. The molecule has 1 N–H and O–H groups in total. The van der Waals surface area contributed by atoms with Crippen molar-refractivity contribution < 1.29 is 19.1 Å². The molecule has 6 heteroatoms. The van der Waals surface area contributed by atoms with Crippen LogP contribution in [0.4, 0.5) is 5.69 Å². The molecule has 2 aromatic rings. The van der Waals surface area contributed by atoms with Crippen molar-refractivity contribution in [1.82, 2.24) is 0 Å². The van der Waals surface area contributed by atoms with Gasteiger partial charge in [0.2, 0.25) is 0 Å². The van der Waals surface area contributed by atoms with Gasteiger partial charge < -0.3 is 14.8 Å². The first-order chi connectivity index (χ1) is 11.5. The molecule has 0 radical (unpaired) electrons. The first kappa shape index (κ1) is 17.8. The molecule has 5 nitrogen and oxygen atoms in total. The van der Waals surface area contributed by atoms with E-state index in [1.165, 1.54) is 0 Å². The lowest BCUT2D eigenvalue weighted by molar-refractivity contribution is 0.0526. The van der Waals surface area contributed by atoms with Gasteiger partial charge in [-0.2, -0.15) is 0 Å². The van der Waals surface area contributed by atoms with E-state index in [1.54, 1.807) is 49.4 Å². The third-order valence-corrected chi connectivity index (χ3v) is 3.35. The minimum absolute atomic E-state index is 0.290. The summed E-state index contributed by atoms with van der Waals surface area (Å²) >= 11 is 5.94. The first-order valence-electron chi connectivity index (χ1n) is 7.56. The summed E-state index contributed by atoms with van der Waals surface area (Å²) in [6.45, 7) is 4.27. The molecule has 0 unspecified atom stereocenters. The van der Waals surface area contributed by atoms with Gasteiger partial charge in [-0.05, 0) is 50.2 Å². The summed E-state index contributed by atoms with van der Waals surface area (Å²) in [6.07, 6.45) is 0. The molecule has 126 valence electrons. The van der Waals surface area contributed by atoms with Crippen molar-refractivity contribution in [3.63, 3.8) is 0 Å². The summed E-state index contributed by atoms with van der Waals surface area (Å²) in [4.78, 5) is 24.2. The Kier molecular flexibility index (Phi) is 6.21. The average molecular weight is 348 g/mol. The van der Waals surface area contributed by atoms with E-state index in [-0.39, 0.29) is 12.5 Å². The number of amides is 1. The number of anilines is 1. The van der Waals surface area contributed by atoms with Gasteiger partial charge in [0, 0.05) is 10.7 Å². The summed E-state index contributed by atoms with van der Waals surface area (Å²) in [5.74, 6) is -0.379. The number of ether oxygens (including phenoxy) is 2. The minimum atomic E-state index is -0.435. The highest BCUT2D eigenvalue weighted by Crippen LogP contribution is 2.24. The second-order valence-corrected chi connectivity index (χ2v) is 5.27. The lowest BCUT2D eigenvalue weighted by Crippen LogP contribution is -2.14. The van der Waals surface area contributed by atoms with Crippen LogP contribution < -0.4 is 10.1 Å². The Morgan fingerprint density at radius 3 is 2.58 bits per heavy atom. The van der Waals surface area contributed by atoms with Crippen molar-refractivity contribution in [2.24, 2.45) is 0 Å². The predicted octanol–water partition coefficient (Wildman–Crippen LogP) is 4.17. The van der Waals surface area contributed by atoms with Gasteiger partial charge >= 0.3 is 5.97 Å². The number of benzene rings is 2. The third-order valence-electron chi connectivity index (χ3n) is 3.12. The van der Waals surface area contributed by atoms with E-state index in [0.29, 0.717) is 34.2 Å². The summed E-state index contributed by atoms with van der Waals surface area (Å²) in [7, 11) is 0. The lowest BCUT2D eigenvalue weighted by atomic mass is 10.1. The van der Waals surface area contributed by atoms with Gasteiger partial charge in [0.05, 0.1) is 24.3 Å². The van der Waals surface area contributed by atoms with E-state index in [1.807, 2.05) is 6.92 Å². The summed E-state index contributed by atoms with van der Waals surface area (Å²) < 4.78 is 10.4. The summed E-state index contributed by atoms with van der Waals surface area (Å²) in [6, 6.07) is 11.4. The molecule has 0 spiro atoms. The Morgan fingerprint density at radius 2 is 1.88 bits per heavy atom. The van der Waals surface area contributed by atoms with Crippen LogP contribution >= 0.6 is 11.6 Å². The van der Waals surface area contributed by atoms with Gasteiger partial charge in [-0.15, -0.1) is 0 Å². The molecule has 0 aliphatic carbocycles. The van der Waals surface area contributed by atoms with Gasteiger partial charge in [-0.3, -0.25) is 4.79 Å². The number of rotatable bonds is 6. The van der Waals surface area contributed by atoms with Crippen LogP contribution in [0.5, 0.6) is 5.75 Å². The fraction of sp³-hybridized carbons (Fsp3) is 0.222. The smallest absolute Gasteiger partial charge is 0.338 e. The standard InChI is InChI=1S/C18H18ClNO4/c1-3-23-16-11-13(19)8-9-15(16)17(21)20-14-7-5-6-12(10-14)18(22)24-4-2/h5-11H,3-4H2,1-2H3,(H,20,21). The molecule has 0 saturated carbocycles. The molecular formula is C18H18ClNO4. The van der Waals surface area contributed by atoms with Crippen molar-refractivity contribution in [2.75, 3.05) is 18.5 Å². The Labute approximate surface area is 145 Å². The van der Waals surface area contributed by atoms with Crippen LogP contribution in [0, 0.1) is 0 Å². The van der Waals surface area contributed by atoms with Crippen LogP contribution in [0.15, 0.2) is 42.5 Å². The van der Waals surface area contributed by atoms with E-state index in [0.717, 1.165) is 0 Å². The zero-order valence-corrected chi connectivity index (χ0v) is 14.2. The lowest BCUT2D eigenvalue weighted by Gasteiger charge is -2.11. The van der Waals surface area contributed by atoms with Gasteiger partial charge in [-0.1, -0.05) is 17.7 Å². The Hall–Kier alpha value is -2.53. The number of nitrogens with one attached hydrogen (secondary N) is 1. The highest BCUT2D eigenvalue weighted by Gasteiger charge is 2.14. The molecule has 0 bridgehead atoms. The van der Waals surface area contributed by atoms with Crippen LogP contribution in [0.25, 0.3) is 0 Å². The zero-order valence-electron chi connectivity index (χ0n) is 13.5. The molecular weight excluding hydrogens is 330 g/mol. The number of halogens is 1. The molecule has 0 aliphatic heterocycles. The second-order valence-electron chi connectivity index (χ2n) is 4.83. The van der Waals surface area contributed by atoms with E-state index < -0.39 is 5.97 Å². The van der Waals surface area contributed by atoms with Gasteiger partial charge in [-0.25, -0.2) is 4.79 Å². The molecule has 24 heavy (non-hydrogen) atoms. The summed E-state index contributed by atoms with van der Waals surface area (Å²) in [5.41, 5.74) is 1.22. The maximum absolute atomic E-state index is 12.5. The highest BCUT2D eigenvalue weighted by atomic mass is 35.5. The van der Waals surface area contributed by atoms with Crippen molar-refractivity contribution in [3.05, 3.63) is 58.6 Å². The Bertz CT molecular complexity index is 746. The first-order valence-corrected chi connectivity index (χ1v) is 7.93.